The van der Waals surface area contributed by atoms with Crippen molar-refractivity contribution < 1.29 is 9.53 Å². The molecule has 1 unspecified atom stereocenters. The number of nitrogens with zero attached hydrogens (tertiary/aromatic N) is 2. The molecule has 0 aromatic heterocycles. The van der Waals surface area contributed by atoms with Crippen molar-refractivity contribution in [3.8, 4) is 0 Å². The highest BCUT2D eigenvalue weighted by Gasteiger charge is 2.29. The van der Waals surface area contributed by atoms with E-state index in [4.69, 9.17) is 16.2 Å². The Bertz CT molecular complexity index is 528. The van der Waals surface area contributed by atoms with E-state index in [1.54, 1.807) is 18.2 Å². The Labute approximate surface area is 124 Å². The van der Waals surface area contributed by atoms with Gasteiger partial charge in [0.15, 0.2) is 0 Å². The number of carbonyl (C=O) groups is 1. The first-order valence-corrected chi connectivity index (χ1v) is 7.41. The molecule has 2 aliphatic heterocycles. The number of nitrogen functional groups attached to an aromatic ring is 1. The zero-order valence-electron chi connectivity index (χ0n) is 12.1. The van der Waals surface area contributed by atoms with E-state index in [1.165, 1.54) is 0 Å². The van der Waals surface area contributed by atoms with Crippen molar-refractivity contribution >= 4 is 17.3 Å². The first-order valence-electron chi connectivity index (χ1n) is 7.41. The van der Waals surface area contributed by atoms with Crippen LogP contribution in [0, 0.1) is 0 Å². The standard InChI is InChI=1S/C15H22N4O2/c16-13-2-1-11(15(17)20)9-14(13)19-4-3-12(10-19)18-5-7-21-8-6-18/h1-2,9,12H,3-8,10,16H2,(H2,17,20). The lowest BCUT2D eigenvalue weighted by atomic mass is 10.1. The zero-order valence-corrected chi connectivity index (χ0v) is 12.1. The molecule has 1 aromatic rings. The van der Waals surface area contributed by atoms with E-state index < -0.39 is 5.91 Å². The van der Waals surface area contributed by atoms with Crippen LogP contribution < -0.4 is 16.4 Å². The van der Waals surface area contributed by atoms with Crippen molar-refractivity contribution in [1.82, 2.24) is 4.90 Å². The fraction of sp³-hybridized carbons (Fsp3) is 0.533. The second-order valence-corrected chi connectivity index (χ2v) is 5.67. The quantitative estimate of drug-likeness (QED) is 0.781. The number of morpholine rings is 1. The van der Waals surface area contributed by atoms with E-state index in [2.05, 4.69) is 9.80 Å². The van der Waals surface area contributed by atoms with Crippen molar-refractivity contribution in [3.05, 3.63) is 23.8 Å². The predicted octanol–water partition coefficient (Wildman–Crippen LogP) is 0.279. The van der Waals surface area contributed by atoms with Gasteiger partial charge in [-0.15, -0.1) is 0 Å². The number of rotatable bonds is 3. The highest BCUT2D eigenvalue weighted by Crippen LogP contribution is 2.29. The molecule has 1 amide bonds. The van der Waals surface area contributed by atoms with Gasteiger partial charge in [0.1, 0.15) is 0 Å². The molecule has 3 rings (SSSR count). The Morgan fingerprint density at radius 3 is 2.71 bits per heavy atom. The molecule has 0 saturated carbocycles. The SMILES string of the molecule is NC(=O)c1ccc(N)c(N2CCC(N3CCOCC3)C2)c1. The second kappa shape index (κ2) is 5.91. The third kappa shape index (κ3) is 2.96. The lowest BCUT2D eigenvalue weighted by Gasteiger charge is -2.32. The van der Waals surface area contributed by atoms with Crippen molar-refractivity contribution in [1.29, 1.82) is 0 Å². The molecule has 0 bridgehead atoms. The minimum absolute atomic E-state index is 0.417. The van der Waals surface area contributed by atoms with Gasteiger partial charge in [-0.1, -0.05) is 0 Å². The smallest absolute Gasteiger partial charge is 0.248 e. The Balaban J connectivity index is 1.73. The number of benzene rings is 1. The lowest BCUT2D eigenvalue weighted by Crippen LogP contribution is -2.44. The molecule has 2 aliphatic rings. The molecule has 21 heavy (non-hydrogen) atoms. The second-order valence-electron chi connectivity index (χ2n) is 5.67. The van der Waals surface area contributed by atoms with Gasteiger partial charge in [0.05, 0.1) is 24.6 Å². The molecule has 1 aromatic carbocycles. The molecule has 6 heteroatoms. The summed E-state index contributed by atoms with van der Waals surface area (Å²) in [5.74, 6) is -0.417. The van der Waals surface area contributed by atoms with E-state index in [1.807, 2.05) is 0 Å². The maximum absolute atomic E-state index is 11.3. The number of amides is 1. The summed E-state index contributed by atoms with van der Waals surface area (Å²) in [4.78, 5) is 16.1. The van der Waals surface area contributed by atoms with Crippen LogP contribution in [0.15, 0.2) is 18.2 Å². The summed E-state index contributed by atoms with van der Waals surface area (Å²) in [5.41, 5.74) is 13.5. The van der Waals surface area contributed by atoms with Crippen LogP contribution in [0.3, 0.4) is 0 Å². The number of carbonyl (C=O) groups excluding carboxylic acids is 1. The summed E-state index contributed by atoms with van der Waals surface area (Å²) in [5, 5.41) is 0. The van der Waals surface area contributed by atoms with Crippen molar-refractivity contribution in [2.24, 2.45) is 5.73 Å². The van der Waals surface area contributed by atoms with Crippen LogP contribution in [-0.4, -0.2) is 56.2 Å². The van der Waals surface area contributed by atoms with Crippen LogP contribution in [0.25, 0.3) is 0 Å². The Hall–Kier alpha value is -1.79. The van der Waals surface area contributed by atoms with Crippen molar-refractivity contribution in [3.63, 3.8) is 0 Å². The van der Waals surface area contributed by atoms with Crippen LogP contribution in [0.5, 0.6) is 0 Å². The van der Waals surface area contributed by atoms with Crippen molar-refractivity contribution in [2.75, 3.05) is 50.0 Å². The maximum atomic E-state index is 11.3. The van der Waals surface area contributed by atoms with Gasteiger partial charge in [-0.3, -0.25) is 9.69 Å². The molecule has 0 aliphatic carbocycles. The van der Waals surface area contributed by atoms with Crippen LogP contribution >= 0.6 is 0 Å². The van der Waals surface area contributed by atoms with E-state index in [0.29, 0.717) is 17.3 Å². The first kappa shape index (κ1) is 14.2. The van der Waals surface area contributed by atoms with Gasteiger partial charge in [-0.05, 0) is 24.6 Å². The van der Waals surface area contributed by atoms with Crippen LogP contribution in [-0.2, 0) is 4.74 Å². The number of nitrogens with two attached hydrogens (primary N) is 2. The number of ether oxygens (including phenoxy) is 1. The van der Waals surface area contributed by atoms with Gasteiger partial charge in [0, 0.05) is 37.8 Å². The molecule has 4 N–H and O–H groups in total. The maximum Gasteiger partial charge on any atom is 0.248 e. The zero-order chi connectivity index (χ0) is 14.8. The number of anilines is 2. The Morgan fingerprint density at radius 1 is 1.24 bits per heavy atom. The summed E-state index contributed by atoms with van der Waals surface area (Å²) in [6, 6.07) is 5.78. The van der Waals surface area contributed by atoms with Crippen LogP contribution in [0.2, 0.25) is 0 Å². The number of hydrogen-bond donors (Lipinski definition) is 2. The third-order valence-electron chi connectivity index (χ3n) is 4.38. The first-order chi connectivity index (χ1) is 10.1. The van der Waals surface area contributed by atoms with Gasteiger partial charge in [0.2, 0.25) is 5.91 Å². The molecule has 6 nitrogen and oxygen atoms in total. The fourth-order valence-electron chi connectivity index (χ4n) is 3.17. The van der Waals surface area contributed by atoms with Gasteiger partial charge in [0.25, 0.3) is 0 Å². The summed E-state index contributed by atoms with van der Waals surface area (Å²) >= 11 is 0. The summed E-state index contributed by atoms with van der Waals surface area (Å²) < 4.78 is 5.41. The van der Waals surface area contributed by atoms with E-state index in [0.717, 1.165) is 51.5 Å². The highest BCUT2D eigenvalue weighted by molar-refractivity contribution is 5.95. The van der Waals surface area contributed by atoms with E-state index in [9.17, 15) is 4.79 Å². The molecule has 2 saturated heterocycles. The largest absolute Gasteiger partial charge is 0.397 e. The van der Waals surface area contributed by atoms with Gasteiger partial charge < -0.3 is 21.1 Å². The summed E-state index contributed by atoms with van der Waals surface area (Å²) in [6.07, 6.45) is 1.11. The summed E-state index contributed by atoms with van der Waals surface area (Å²) in [7, 11) is 0. The van der Waals surface area contributed by atoms with Gasteiger partial charge in [-0.2, -0.15) is 0 Å². The van der Waals surface area contributed by atoms with Crippen LogP contribution in [0.1, 0.15) is 16.8 Å². The fourth-order valence-corrected chi connectivity index (χ4v) is 3.17. The van der Waals surface area contributed by atoms with Gasteiger partial charge in [-0.25, -0.2) is 0 Å². The molecule has 1 atom stereocenters. The average Bonchev–Trinajstić information content (AvgIpc) is 2.98. The molecule has 2 heterocycles. The number of primary amides is 1. The molecule has 114 valence electrons. The lowest BCUT2D eigenvalue weighted by molar-refractivity contribution is 0.0209. The Kier molecular flexibility index (Phi) is 3.98. The third-order valence-corrected chi connectivity index (χ3v) is 4.38. The van der Waals surface area contributed by atoms with E-state index in [-0.39, 0.29) is 0 Å². The summed E-state index contributed by atoms with van der Waals surface area (Å²) in [6.45, 7) is 5.51. The Morgan fingerprint density at radius 2 is 2.00 bits per heavy atom. The minimum Gasteiger partial charge on any atom is -0.397 e. The molecule has 2 fully saturated rings. The number of hydrogen-bond acceptors (Lipinski definition) is 5. The highest BCUT2D eigenvalue weighted by atomic mass is 16.5. The topological polar surface area (TPSA) is 84.8 Å². The molecular formula is C15H22N4O2. The molecule has 0 spiro atoms. The normalized spacial score (nSPS) is 23.4. The molecular weight excluding hydrogens is 268 g/mol. The van der Waals surface area contributed by atoms with Crippen LogP contribution in [0.4, 0.5) is 11.4 Å². The minimum atomic E-state index is -0.417. The average molecular weight is 290 g/mol. The predicted molar refractivity (Wildman–Crippen MR) is 82.4 cm³/mol. The van der Waals surface area contributed by atoms with Crippen molar-refractivity contribution in [2.45, 2.75) is 12.5 Å². The van der Waals surface area contributed by atoms with Gasteiger partial charge >= 0.3 is 0 Å². The molecule has 0 radical (unpaired) electrons. The monoisotopic (exact) mass is 290 g/mol. The van der Waals surface area contributed by atoms with E-state index >= 15 is 0 Å².